The molecule has 24 heavy (non-hydrogen) atoms. The second-order valence-corrected chi connectivity index (χ2v) is 8.11. The van der Waals surface area contributed by atoms with Gasteiger partial charge >= 0.3 is 0 Å². The first-order valence-corrected chi connectivity index (χ1v) is 9.89. The predicted molar refractivity (Wildman–Crippen MR) is 95.1 cm³/mol. The molecule has 1 saturated carbocycles. The van der Waals surface area contributed by atoms with Gasteiger partial charge in [0.15, 0.2) is 0 Å². The Hall–Kier alpha value is -1.24. The minimum Gasteiger partial charge on any atom is -0.369 e. The molecule has 2 fully saturated rings. The molecule has 2 aromatic rings. The van der Waals surface area contributed by atoms with E-state index in [9.17, 15) is 0 Å². The first-order chi connectivity index (χ1) is 11.8. The van der Waals surface area contributed by atoms with Crippen LogP contribution in [-0.4, -0.2) is 27.2 Å². The summed E-state index contributed by atoms with van der Waals surface area (Å²) in [7, 11) is 2.04. The number of nitrogens with one attached hydrogen (secondary N) is 1. The molecule has 0 radical (unpaired) electrons. The molecule has 5 nitrogen and oxygen atoms in total. The number of aryl methyl sites for hydroxylation is 1. The van der Waals surface area contributed by atoms with Gasteiger partial charge in [0.2, 0.25) is 0 Å². The van der Waals surface area contributed by atoms with E-state index in [1.807, 2.05) is 30.8 Å². The number of ether oxygens (including phenoxy) is 1. The lowest BCUT2D eigenvalue weighted by atomic mass is 10.0. The van der Waals surface area contributed by atoms with Crippen molar-refractivity contribution in [1.29, 1.82) is 0 Å². The van der Waals surface area contributed by atoms with Crippen molar-refractivity contribution in [2.45, 2.75) is 63.1 Å². The van der Waals surface area contributed by atoms with Gasteiger partial charge in [-0.3, -0.25) is 0 Å². The minimum atomic E-state index is 0.0426. The lowest BCUT2D eigenvalue weighted by molar-refractivity contribution is -0.0177. The van der Waals surface area contributed by atoms with Crippen molar-refractivity contribution >= 4 is 11.3 Å². The van der Waals surface area contributed by atoms with Crippen LogP contribution >= 0.6 is 11.3 Å². The number of hydrogen-bond acceptors (Lipinski definition) is 5. The van der Waals surface area contributed by atoms with Gasteiger partial charge in [-0.2, -0.15) is 0 Å². The number of rotatable bonds is 5. The van der Waals surface area contributed by atoms with Gasteiger partial charge in [-0.1, -0.05) is 12.8 Å². The van der Waals surface area contributed by atoms with E-state index in [4.69, 9.17) is 4.74 Å². The van der Waals surface area contributed by atoms with Crippen molar-refractivity contribution in [3.63, 3.8) is 0 Å². The molecular formula is C18H26N4OS. The van der Waals surface area contributed by atoms with Crippen LogP contribution < -0.4 is 5.32 Å². The van der Waals surface area contributed by atoms with Gasteiger partial charge < -0.3 is 14.6 Å². The van der Waals surface area contributed by atoms with E-state index < -0.39 is 0 Å². The smallest absolute Gasteiger partial charge is 0.139 e. The zero-order valence-corrected chi connectivity index (χ0v) is 15.1. The molecule has 2 atom stereocenters. The fraction of sp³-hybridized carbons (Fsp3) is 0.667. The van der Waals surface area contributed by atoms with E-state index in [2.05, 4.69) is 26.0 Å². The molecule has 0 amide bonds. The molecule has 0 unspecified atom stereocenters. The Morgan fingerprint density at radius 1 is 1.25 bits per heavy atom. The Kier molecular flexibility index (Phi) is 4.96. The van der Waals surface area contributed by atoms with E-state index in [0.717, 1.165) is 31.8 Å². The number of imidazole rings is 1. The van der Waals surface area contributed by atoms with Crippen molar-refractivity contribution in [2.24, 2.45) is 7.05 Å². The highest BCUT2D eigenvalue weighted by molar-refractivity contribution is 7.11. The van der Waals surface area contributed by atoms with E-state index in [-0.39, 0.29) is 6.10 Å². The topological polar surface area (TPSA) is 52.0 Å². The molecule has 4 rings (SSSR count). The lowest BCUT2D eigenvalue weighted by Crippen LogP contribution is -2.40. The van der Waals surface area contributed by atoms with Gasteiger partial charge in [0, 0.05) is 55.6 Å². The minimum absolute atomic E-state index is 0.0426. The molecule has 1 aliphatic heterocycles. The highest BCUT2D eigenvalue weighted by atomic mass is 32.1. The zero-order valence-electron chi connectivity index (χ0n) is 14.3. The SMILES string of the molecule is Cn1ccnc1[C@H]1OCCC[C@@H]1NCc1cnc(C2CCCC2)s1. The highest BCUT2D eigenvalue weighted by Crippen LogP contribution is 2.36. The van der Waals surface area contributed by atoms with Gasteiger partial charge in [0.05, 0.1) is 5.01 Å². The Labute approximate surface area is 147 Å². The van der Waals surface area contributed by atoms with Crippen LogP contribution in [0.25, 0.3) is 0 Å². The molecule has 1 aliphatic carbocycles. The second-order valence-electron chi connectivity index (χ2n) is 6.96. The fourth-order valence-corrected chi connectivity index (χ4v) is 4.93. The molecule has 130 valence electrons. The summed E-state index contributed by atoms with van der Waals surface area (Å²) in [4.78, 5) is 10.5. The van der Waals surface area contributed by atoms with Crippen molar-refractivity contribution in [3.05, 3.63) is 34.3 Å². The van der Waals surface area contributed by atoms with Crippen LogP contribution in [-0.2, 0) is 18.3 Å². The summed E-state index contributed by atoms with van der Waals surface area (Å²) in [5.74, 6) is 1.73. The zero-order chi connectivity index (χ0) is 16.4. The average Bonchev–Trinajstić information content (AvgIpc) is 3.34. The molecule has 1 N–H and O–H groups in total. The quantitative estimate of drug-likeness (QED) is 0.900. The summed E-state index contributed by atoms with van der Waals surface area (Å²) in [5.41, 5.74) is 0. The van der Waals surface area contributed by atoms with Crippen LogP contribution in [0.3, 0.4) is 0 Å². The van der Waals surface area contributed by atoms with Crippen LogP contribution in [0.4, 0.5) is 0 Å². The van der Waals surface area contributed by atoms with Crippen LogP contribution in [0.1, 0.15) is 66.3 Å². The maximum atomic E-state index is 6.03. The Balaban J connectivity index is 1.39. The second kappa shape index (κ2) is 7.33. The van der Waals surface area contributed by atoms with Crippen molar-refractivity contribution in [1.82, 2.24) is 19.9 Å². The van der Waals surface area contributed by atoms with Crippen molar-refractivity contribution in [2.75, 3.05) is 6.61 Å². The standard InChI is InChI=1S/C18H26N4OS/c1-22-9-8-19-17(22)16-15(7-4-10-23-16)20-11-14-12-21-18(24-14)13-5-2-3-6-13/h8-9,12-13,15-16,20H,2-7,10-11H2,1H3/t15-,16-/m0/s1. The van der Waals surface area contributed by atoms with Gasteiger partial charge in [0.1, 0.15) is 11.9 Å². The number of thiazole rings is 1. The predicted octanol–water partition coefficient (Wildman–Crippen LogP) is 3.54. The number of aromatic nitrogens is 3. The summed E-state index contributed by atoms with van der Waals surface area (Å²) in [5, 5.41) is 5.04. The van der Waals surface area contributed by atoms with Crippen LogP contribution in [0, 0.1) is 0 Å². The Morgan fingerprint density at radius 2 is 2.12 bits per heavy atom. The largest absolute Gasteiger partial charge is 0.369 e. The van der Waals surface area contributed by atoms with Crippen LogP contribution in [0.15, 0.2) is 18.6 Å². The van der Waals surface area contributed by atoms with E-state index in [1.165, 1.54) is 35.6 Å². The van der Waals surface area contributed by atoms with Gasteiger partial charge in [-0.25, -0.2) is 9.97 Å². The number of hydrogen-bond donors (Lipinski definition) is 1. The average molecular weight is 347 g/mol. The summed E-state index contributed by atoms with van der Waals surface area (Å²) >= 11 is 1.89. The van der Waals surface area contributed by atoms with Crippen molar-refractivity contribution < 1.29 is 4.74 Å². The van der Waals surface area contributed by atoms with Crippen LogP contribution in [0.2, 0.25) is 0 Å². The monoisotopic (exact) mass is 346 g/mol. The third-order valence-electron chi connectivity index (χ3n) is 5.25. The van der Waals surface area contributed by atoms with E-state index in [0.29, 0.717) is 12.0 Å². The molecule has 0 spiro atoms. The lowest BCUT2D eigenvalue weighted by Gasteiger charge is -2.32. The molecule has 0 aromatic carbocycles. The maximum absolute atomic E-state index is 6.03. The maximum Gasteiger partial charge on any atom is 0.139 e. The van der Waals surface area contributed by atoms with Gasteiger partial charge in [-0.15, -0.1) is 11.3 Å². The molecule has 0 bridgehead atoms. The fourth-order valence-electron chi connectivity index (χ4n) is 3.89. The summed E-state index contributed by atoms with van der Waals surface area (Å²) in [6, 6.07) is 0.317. The van der Waals surface area contributed by atoms with Crippen molar-refractivity contribution in [3.8, 4) is 0 Å². The first kappa shape index (κ1) is 16.2. The summed E-state index contributed by atoms with van der Waals surface area (Å²) in [6.07, 6.45) is 13.5. The molecule has 3 heterocycles. The molecule has 1 saturated heterocycles. The van der Waals surface area contributed by atoms with Crippen LogP contribution in [0.5, 0.6) is 0 Å². The normalized spacial score (nSPS) is 25.4. The third kappa shape index (κ3) is 3.41. The van der Waals surface area contributed by atoms with Gasteiger partial charge in [-0.05, 0) is 25.7 Å². The first-order valence-electron chi connectivity index (χ1n) is 9.08. The number of nitrogens with zero attached hydrogens (tertiary/aromatic N) is 3. The molecule has 2 aromatic heterocycles. The third-order valence-corrected chi connectivity index (χ3v) is 6.41. The molecular weight excluding hydrogens is 320 g/mol. The molecule has 6 heteroatoms. The molecule has 2 aliphatic rings. The Bertz CT molecular complexity index is 662. The summed E-state index contributed by atoms with van der Waals surface area (Å²) < 4.78 is 8.10. The Morgan fingerprint density at radius 3 is 2.92 bits per heavy atom. The van der Waals surface area contributed by atoms with E-state index in [1.54, 1.807) is 0 Å². The van der Waals surface area contributed by atoms with E-state index >= 15 is 0 Å². The highest BCUT2D eigenvalue weighted by Gasteiger charge is 2.30. The van der Waals surface area contributed by atoms with Gasteiger partial charge in [0.25, 0.3) is 0 Å². The summed E-state index contributed by atoms with van der Waals surface area (Å²) in [6.45, 7) is 1.70.